The Labute approximate surface area is 338 Å². The Hall–Kier alpha value is -3.91. The first-order chi connectivity index (χ1) is 25.0. The van der Waals surface area contributed by atoms with Gasteiger partial charge in [0, 0.05) is 28.3 Å². The lowest BCUT2D eigenvalue weighted by Crippen LogP contribution is -2.40. The summed E-state index contributed by atoms with van der Waals surface area (Å²) in [5.41, 5.74) is 12.3. The second kappa shape index (κ2) is 20.1. The van der Waals surface area contributed by atoms with Crippen LogP contribution in [0.1, 0.15) is 46.2 Å². The molecule has 284 valence electrons. The van der Waals surface area contributed by atoms with Gasteiger partial charge in [0.25, 0.3) is 0 Å². The Bertz CT molecular complexity index is 2040. The quantitative estimate of drug-likeness (QED) is 0.113. The highest BCUT2D eigenvalue weighted by Crippen LogP contribution is 2.27. The molecule has 2 nitrogen and oxygen atoms in total. The molecule has 0 saturated heterocycles. The van der Waals surface area contributed by atoms with E-state index in [-0.39, 0.29) is 7.43 Å². The number of aromatic nitrogens is 2. The van der Waals surface area contributed by atoms with Crippen molar-refractivity contribution in [2.45, 2.75) is 92.6 Å². The van der Waals surface area contributed by atoms with Gasteiger partial charge < -0.3 is 0 Å². The molecule has 0 atom stereocenters. The molecule has 2 heterocycles. The lowest BCUT2D eigenvalue weighted by molar-refractivity contribution is 0.649. The molecule has 4 aromatic carbocycles. The smallest absolute Gasteiger partial charge is 0.0799 e. The fraction of sp³-hybridized carbons (Fsp3) is 0.306. The van der Waals surface area contributed by atoms with Gasteiger partial charge in [0.2, 0.25) is 0 Å². The zero-order valence-corrected chi connectivity index (χ0v) is 37.4. The van der Waals surface area contributed by atoms with E-state index in [1.54, 1.807) is 0 Å². The van der Waals surface area contributed by atoms with E-state index >= 15 is 0 Å². The monoisotopic (exact) mass is 814 g/mol. The van der Waals surface area contributed by atoms with Crippen LogP contribution in [-0.2, 0) is 6.42 Å². The standard InChI is InChI=1S/C24H29NSi.C21H23NSi.C3H7Br.CH4/c1-18(2)14-22-16-23(25-17-24(22)26(3,4)5)21-13-9-12-20(15-21)19-10-7-6-8-11-19;1-16-13-20(22-15-21(16)23(2,3)4)19-12-8-11-18(14-19)17-9-6-5-7-10-17;1-3(2)4;/h6-13,15-18H,14H2,1-5H3;5-15H,1-4H3;3H,1-2H3;1H4. The second-order valence-corrected chi connectivity index (χ2v) is 28.5. The molecule has 0 unspecified atom stereocenters. The van der Waals surface area contributed by atoms with E-state index in [4.69, 9.17) is 9.97 Å². The van der Waals surface area contributed by atoms with Gasteiger partial charge in [-0.05, 0) is 87.3 Å². The zero-order chi connectivity index (χ0) is 38.8. The van der Waals surface area contributed by atoms with E-state index in [1.165, 1.54) is 54.9 Å². The van der Waals surface area contributed by atoms with Crippen molar-refractivity contribution in [3.63, 3.8) is 0 Å². The highest BCUT2D eigenvalue weighted by molar-refractivity contribution is 9.09. The van der Waals surface area contributed by atoms with E-state index in [1.807, 2.05) is 6.07 Å². The van der Waals surface area contributed by atoms with Crippen LogP contribution in [0.3, 0.4) is 0 Å². The van der Waals surface area contributed by atoms with Gasteiger partial charge in [-0.25, -0.2) is 0 Å². The number of halogens is 1. The van der Waals surface area contributed by atoms with Crippen molar-refractivity contribution in [2.75, 3.05) is 0 Å². The van der Waals surface area contributed by atoms with Crippen LogP contribution in [0.2, 0.25) is 39.3 Å². The summed E-state index contributed by atoms with van der Waals surface area (Å²) in [6, 6.07) is 43.0. The third kappa shape index (κ3) is 13.1. The van der Waals surface area contributed by atoms with Gasteiger partial charge in [-0.3, -0.25) is 9.97 Å². The number of nitrogens with zero attached hydrogens (tertiary/aromatic N) is 2. The van der Waals surface area contributed by atoms with Crippen LogP contribution in [-0.4, -0.2) is 30.9 Å². The number of hydrogen-bond donors (Lipinski definition) is 0. The predicted molar refractivity (Wildman–Crippen MR) is 250 cm³/mol. The molecule has 0 N–H and O–H groups in total. The van der Waals surface area contributed by atoms with Crippen molar-refractivity contribution < 1.29 is 0 Å². The third-order valence-corrected chi connectivity index (χ3v) is 13.1. The summed E-state index contributed by atoms with van der Waals surface area (Å²) in [5, 5.41) is 2.94. The van der Waals surface area contributed by atoms with Crippen molar-refractivity contribution in [3.8, 4) is 44.8 Å². The molecular formula is C49H63BrN2Si2. The summed E-state index contributed by atoms with van der Waals surface area (Å²) in [7, 11) is -2.72. The van der Waals surface area contributed by atoms with Crippen LogP contribution in [0.15, 0.2) is 134 Å². The first kappa shape index (κ1) is 44.5. The minimum Gasteiger partial charge on any atom is -0.256 e. The van der Waals surface area contributed by atoms with Gasteiger partial charge in [-0.1, -0.05) is 187 Å². The van der Waals surface area contributed by atoms with Crippen molar-refractivity contribution in [1.29, 1.82) is 0 Å². The van der Waals surface area contributed by atoms with E-state index < -0.39 is 16.1 Å². The molecule has 0 bridgehead atoms. The lowest BCUT2D eigenvalue weighted by Gasteiger charge is -2.22. The fourth-order valence-electron chi connectivity index (χ4n) is 6.42. The normalized spacial score (nSPS) is 11.2. The van der Waals surface area contributed by atoms with Gasteiger partial charge >= 0.3 is 0 Å². The van der Waals surface area contributed by atoms with Crippen LogP contribution in [0.4, 0.5) is 0 Å². The molecule has 0 spiro atoms. The molecule has 0 fully saturated rings. The van der Waals surface area contributed by atoms with Crippen LogP contribution in [0, 0.1) is 12.8 Å². The molecule has 6 rings (SSSR count). The SMILES string of the molecule is C.CC(C)Br.CC(C)Cc1cc(-c2cccc(-c3ccccc3)c2)ncc1[Si](C)(C)C.Cc1cc(-c2cccc(-c3ccccc3)c2)ncc1[Si](C)(C)C. The van der Waals surface area contributed by atoms with Crippen molar-refractivity contribution in [3.05, 3.63) is 145 Å². The largest absolute Gasteiger partial charge is 0.256 e. The summed E-state index contributed by atoms with van der Waals surface area (Å²) >= 11 is 3.27. The molecule has 5 heteroatoms. The van der Waals surface area contributed by atoms with Gasteiger partial charge in [-0.2, -0.15) is 0 Å². The molecule has 0 aliphatic rings. The van der Waals surface area contributed by atoms with Crippen molar-refractivity contribution >= 4 is 42.5 Å². The Morgan fingerprint density at radius 2 is 0.870 bits per heavy atom. The summed E-state index contributed by atoms with van der Waals surface area (Å²) in [6.45, 7) is 25.3. The Balaban J connectivity index is 0.000000261. The Kier molecular flexibility index (Phi) is 16.6. The summed E-state index contributed by atoms with van der Waals surface area (Å²) in [6.07, 6.45) is 5.36. The first-order valence-corrected chi connectivity index (χ1v) is 26.9. The Morgan fingerprint density at radius 1 is 0.500 bits per heavy atom. The van der Waals surface area contributed by atoms with Crippen LogP contribution >= 0.6 is 15.9 Å². The number of alkyl halides is 1. The van der Waals surface area contributed by atoms with E-state index in [9.17, 15) is 0 Å². The Morgan fingerprint density at radius 3 is 1.26 bits per heavy atom. The van der Waals surface area contributed by atoms with E-state index in [2.05, 4.69) is 217 Å². The topological polar surface area (TPSA) is 25.8 Å². The molecular weight excluding hydrogens is 753 g/mol. The molecule has 0 amide bonds. The van der Waals surface area contributed by atoms with Gasteiger partial charge in [-0.15, -0.1) is 0 Å². The maximum absolute atomic E-state index is 4.85. The number of hydrogen-bond acceptors (Lipinski definition) is 2. The highest BCUT2D eigenvalue weighted by atomic mass is 79.9. The molecule has 54 heavy (non-hydrogen) atoms. The van der Waals surface area contributed by atoms with Gasteiger partial charge in [0.1, 0.15) is 0 Å². The van der Waals surface area contributed by atoms with Crippen molar-refractivity contribution in [2.24, 2.45) is 5.92 Å². The maximum Gasteiger partial charge on any atom is 0.0799 e. The summed E-state index contributed by atoms with van der Waals surface area (Å²) < 4.78 is 0. The first-order valence-electron chi connectivity index (χ1n) is 18.9. The minimum atomic E-state index is -1.39. The van der Waals surface area contributed by atoms with E-state index in [0.717, 1.165) is 17.8 Å². The molecule has 0 aliphatic carbocycles. The number of pyridine rings is 2. The van der Waals surface area contributed by atoms with E-state index in [0.29, 0.717) is 10.7 Å². The molecule has 0 radical (unpaired) electrons. The molecule has 0 aliphatic heterocycles. The average molecular weight is 816 g/mol. The third-order valence-electron chi connectivity index (χ3n) is 8.88. The number of benzene rings is 4. The number of rotatable bonds is 8. The molecule has 2 aromatic heterocycles. The number of aryl methyl sites for hydroxylation is 1. The van der Waals surface area contributed by atoms with Gasteiger partial charge in [0.15, 0.2) is 0 Å². The van der Waals surface area contributed by atoms with Crippen LogP contribution in [0.25, 0.3) is 44.8 Å². The summed E-state index contributed by atoms with van der Waals surface area (Å²) in [4.78, 5) is 10.2. The fourth-order valence-corrected chi connectivity index (χ4v) is 9.71. The van der Waals surface area contributed by atoms with Gasteiger partial charge in [0.05, 0.1) is 27.5 Å². The predicted octanol–water partition coefficient (Wildman–Crippen LogP) is 13.9. The van der Waals surface area contributed by atoms with Crippen LogP contribution in [0.5, 0.6) is 0 Å². The van der Waals surface area contributed by atoms with Crippen LogP contribution < -0.4 is 10.4 Å². The average Bonchev–Trinajstić information content (AvgIpc) is 3.11. The maximum atomic E-state index is 4.85. The second-order valence-electron chi connectivity index (χ2n) is 16.6. The highest BCUT2D eigenvalue weighted by Gasteiger charge is 2.22. The minimum absolute atomic E-state index is 0. The lowest BCUT2D eigenvalue weighted by atomic mass is 9.99. The van der Waals surface area contributed by atoms with Crippen molar-refractivity contribution in [1.82, 2.24) is 9.97 Å². The molecule has 0 saturated carbocycles. The summed E-state index contributed by atoms with van der Waals surface area (Å²) in [5.74, 6) is 0.649. The zero-order valence-electron chi connectivity index (χ0n) is 33.8. The molecule has 6 aromatic rings.